The molecule has 0 spiro atoms. The summed E-state index contributed by atoms with van der Waals surface area (Å²) < 4.78 is 7.15. The van der Waals surface area contributed by atoms with Gasteiger partial charge in [-0.05, 0) is 42.4 Å². The van der Waals surface area contributed by atoms with E-state index in [9.17, 15) is 28.8 Å². The third-order valence-electron chi connectivity index (χ3n) is 9.17. The second-order valence-corrected chi connectivity index (χ2v) is 21.0. The van der Waals surface area contributed by atoms with Crippen LogP contribution in [0.3, 0.4) is 0 Å². The molecule has 0 bridgehead atoms. The van der Waals surface area contributed by atoms with Crippen LogP contribution in [0, 0.1) is 6.92 Å². The highest BCUT2D eigenvalue weighted by Crippen LogP contribution is 2.30. The Balaban J connectivity index is 0.000000939. The Kier molecular flexibility index (Phi) is 41.6. The number of thioether (sulfide) groups is 1. The lowest BCUT2D eigenvalue weighted by molar-refractivity contribution is -0.116. The van der Waals surface area contributed by atoms with E-state index in [0.717, 1.165) is 55.9 Å². The van der Waals surface area contributed by atoms with Crippen molar-refractivity contribution in [3.05, 3.63) is 252 Å². The average molecular weight is 1190 g/mol. The van der Waals surface area contributed by atoms with Gasteiger partial charge in [-0.2, -0.15) is 0 Å². The zero-order chi connectivity index (χ0) is 60.3. The lowest BCUT2D eigenvalue weighted by Crippen LogP contribution is -2.04. The van der Waals surface area contributed by atoms with Crippen molar-refractivity contribution in [3.8, 4) is 42.6 Å². The molecule has 0 unspecified atom stereocenters. The van der Waals surface area contributed by atoms with E-state index in [2.05, 4.69) is 32.2 Å². The number of aryl methyl sites for hydroxylation is 1. The number of hydrogen-bond donors (Lipinski definition) is 2. The standard InChI is InChI=1S/C13H12OS2.C12H10OS.C11H8O2S.C11H8OS2.C10H10O2.5C2H6/c1-2-15-13-9-11(14)8-12(16-13)10-6-4-3-5-7-10;1-9-7-11(13)8-12(14-9)10-5-3-2-4-6-10;12-9-6-10(13-11(14)7-9)8-4-2-1-3-5-8;12-9-6-10(14-11(13)7-9)8-4-2-1-3-5-8;1-8(11)7-10(12)9-5-3-2-4-6-9;5*1-2/h3-9H,2H2,1H3;2-8H,1H3;1-7,14H;1-7,13H;2-6H,7H2,1H3;5*1-2H3. The molecule has 0 N–H and O–H groups in total. The summed E-state index contributed by atoms with van der Waals surface area (Å²) in [4.78, 5) is 71.2. The SMILES string of the molecule is CC.CC.CC.CC.CC.CC(=O)CC(=O)c1ccccc1.CCSc1cc(=O)cc(-c2ccccc2)s1.Cc1cc(=O)cc(-c2ccccc2)s1.O=c1cc(S)oc(-c2ccccc2)c1.O=c1cc(S)sc(-c2ccccc2)c1. The summed E-state index contributed by atoms with van der Waals surface area (Å²) in [6, 6.07) is 60.9. The second-order valence-electron chi connectivity index (χ2n) is 14.8. The summed E-state index contributed by atoms with van der Waals surface area (Å²) in [5.41, 5.74) is 4.85. The maximum absolute atomic E-state index is 11.6. The maximum Gasteiger partial charge on any atom is 0.186 e. The van der Waals surface area contributed by atoms with Crippen molar-refractivity contribution in [2.24, 2.45) is 0 Å². The van der Waals surface area contributed by atoms with Crippen molar-refractivity contribution in [1.29, 1.82) is 0 Å². The summed E-state index contributed by atoms with van der Waals surface area (Å²) >= 11 is 14.7. The van der Waals surface area contributed by atoms with Gasteiger partial charge >= 0.3 is 0 Å². The van der Waals surface area contributed by atoms with Gasteiger partial charge in [-0.3, -0.25) is 28.8 Å². The molecule has 9 aromatic rings. The van der Waals surface area contributed by atoms with E-state index in [1.165, 1.54) is 36.5 Å². The number of carbonyl (C=O) groups is 2. The zero-order valence-electron chi connectivity index (χ0n) is 48.4. The van der Waals surface area contributed by atoms with Crippen LogP contribution < -0.4 is 21.7 Å². The molecule has 7 nitrogen and oxygen atoms in total. The van der Waals surface area contributed by atoms with Crippen LogP contribution >= 0.6 is 71.0 Å². The van der Waals surface area contributed by atoms with Gasteiger partial charge in [-0.1, -0.05) is 228 Å². The van der Waals surface area contributed by atoms with Crippen molar-refractivity contribution in [3.63, 3.8) is 0 Å². The van der Waals surface area contributed by atoms with Gasteiger partial charge in [0.25, 0.3) is 0 Å². The first-order valence-corrected chi connectivity index (χ1v) is 31.0. The Morgan fingerprint density at radius 2 is 0.812 bits per heavy atom. The van der Waals surface area contributed by atoms with E-state index in [1.807, 2.05) is 204 Å². The lowest BCUT2D eigenvalue weighted by Gasteiger charge is -2.02. The Bertz CT molecular complexity index is 3080. The Morgan fingerprint density at radius 3 is 1.20 bits per heavy atom. The molecule has 0 radical (unpaired) electrons. The molecule has 9 rings (SSSR count). The first kappa shape index (κ1) is 73.5. The molecule has 13 heteroatoms. The van der Waals surface area contributed by atoms with Crippen LogP contribution in [0.5, 0.6) is 0 Å². The van der Waals surface area contributed by atoms with E-state index < -0.39 is 0 Å². The fraction of sp³-hybridized carbons (Fsp3) is 0.224. The van der Waals surface area contributed by atoms with E-state index in [-0.39, 0.29) is 39.7 Å². The van der Waals surface area contributed by atoms with Crippen LogP contribution in [0.15, 0.2) is 237 Å². The quantitative estimate of drug-likeness (QED) is 0.0636. The molecule has 0 atom stereocenters. The molecular weight excluding hydrogens is 1110 g/mol. The molecule has 0 amide bonds. The first-order chi connectivity index (χ1) is 38.8. The van der Waals surface area contributed by atoms with Crippen LogP contribution in [-0.4, -0.2) is 17.3 Å². The molecular formula is C67H78O7S6. The van der Waals surface area contributed by atoms with Crippen LogP contribution in [0.4, 0.5) is 0 Å². The van der Waals surface area contributed by atoms with E-state index in [0.29, 0.717) is 16.4 Å². The number of carbonyl (C=O) groups excluding carboxylic acids is 2. The molecule has 4 aromatic heterocycles. The van der Waals surface area contributed by atoms with Crippen LogP contribution in [-0.2, 0) is 4.79 Å². The fourth-order valence-corrected chi connectivity index (χ4v) is 10.7. The minimum atomic E-state index is -0.108. The minimum absolute atomic E-state index is 0.00398. The summed E-state index contributed by atoms with van der Waals surface area (Å²) in [5.74, 6) is 1.34. The summed E-state index contributed by atoms with van der Waals surface area (Å²) in [5, 5.41) is 0.330. The highest BCUT2D eigenvalue weighted by Gasteiger charge is 2.07. The first-order valence-electron chi connectivity index (χ1n) is 26.6. The number of Topliss-reactive ketones (excluding diaryl/α,β-unsaturated/α-hetero) is 2. The van der Waals surface area contributed by atoms with Crippen molar-refractivity contribution < 1.29 is 14.0 Å². The lowest BCUT2D eigenvalue weighted by atomic mass is 10.1. The van der Waals surface area contributed by atoms with Crippen molar-refractivity contribution in [1.82, 2.24) is 0 Å². The van der Waals surface area contributed by atoms with Gasteiger partial charge in [0.1, 0.15) is 11.5 Å². The van der Waals surface area contributed by atoms with Crippen molar-refractivity contribution in [2.75, 3.05) is 5.75 Å². The summed E-state index contributed by atoms with van der Waals surface area (Å²) in [6.07, 6.45) is 0.00398. The predicted molar refractivity (Wildman–Crippen MR) is 357 cm³/mol. The third-order valence-corrected chi connectivity index (χ3v) is 13.9. The van der Waals surface area contributed by atoms with Gasteiger partial charge in [0.15, 0.2) is 32.6 Å². The molecule has 0 aliphatic heterocycles. The highest BCUT2D eigenvalue weighted by atomic mass is 32.2. The number of rotatable bonds is 9. The van der Waals surface area contributed by atoms with Gasteiger partial charge in [-0.15, -0.1) is 71.0 Å². The van der Waals surface area contributed by atoms with Crippen molar-refractivity contribution >= 4 is 82.6 Å². The summed E-state index contributed by atoms with van der Waals surface area (Å²) in [7, 11) is 0. The van der Waals surface area contributed by atoms with E-state index in [1.54, 1.807) is 89.0 Å². The highest BCUT2D eigenvalue weighted by molar-refractivity contribution is 8.01. The number of thiol groups is 2. The van der Waals surface area contributed by atoms with Gasteiger partial charge in [0.05, 0.1) is 14.8 Å². The molecule has 0 saturated carbocycles. The molecule has 0 aliphatic rings. The smallest absolute Gasteiger partial charge is 0.186 e. The predicted octanol–water partition coefficient (Wildman–Crippen LogP) is 19.6. The molecule has 424 valence electrons. The van der Waals surface area contributed by atoms with Gasteiger partial charge < -0.3 is 4.42 Å². The maximum atomic E-state index is 11.6. The van der Waals surface area contributed by atoms with Gasteiger partial charge in [0.2, 0.25) is 0 Å². The molecule has 0 saturated heterocycles. The molecule has 4 heterocycles. The summed E-state index contributed by atoms with van der Waals surface area (Å²) in [6.45, 7) is 25.5. The third kappa shape index (κ3) is 30.2. The molecule has 0 aliphatic carbocycles. The zero-order valence-corrected chi connectivity index (χ0v) is 53.4. The van der Waals surface area contributed by atoms with Crippen molar-refractivity contribution in [2.45, 2.75) is 110 Å². The topological polar surface area (TPSA) is 116 Å². The Morgan fingerprint density at radius 1 is 0.450 bits per heavy atom. The average Bonchev–Trinajstić information content (AvgIpc) is 3.49. The molecule has 80 heavy (non-hydrogen) atoms. The largest absolute Gasteiger partial charge is 0.450 e. The molecule has 0 fully saturated rings. The fourth-order valence-electron chi connectivity index (χ4n) is 6.13. The number of hydrogen-bond acceptors (Lipinski definition) is 13. The normalized spacial score (nSPS) is 9.14. The van der Waals surface area contributed by atoms with Crippen LogP contribution in [0.2, 0.25) is 0 Å². The second kappa shape index (κ2) is 45.3. The minimum Gasteiger partial charge on any atom is -0.450 e. The number of benzene rings is 5. The Labute approximate surface area is 502 Å². The Hall–Kier alpha value is -6.45. The van der Waals surface area contributed by atoms with Crippen LogP contribution in [0.25, 0.3) is 42.6 Å². The van der Waals surface area contributed by atoms with E-state index in [4.69, 9.17) is 4.42 Å². The van der Waals surface area contributed by atoms with E-state index >= 15 is 0 Å². The number of ketones is 2. The van der Waals surface area contributed by atoms with Gasteiger partial charge in [0, 0.05) is 73.1 Å². The molecule has 5 aromatic carbocycles. The monoisotopic (exact) mass is 1190 g/mol. The van der Waals surface area contributed by atoms with Gasteiger partial charge in [-0.25, -0.2) is 0 Å². The van der Waals surface area contributed by atoms with Crippen LogP contribution in [0.1, 0.15) is 105 Å².